The van der Waals surface area contributed by atoms with Gasteiger partial charge in [0.05, 0.1) is 19.3 Å². The van der Waals surface area contributed by atoms with Crippen molar-refractivity contribution < 1.29 is 14.6 Å². The zero-order chi connectivity index (χ0) is 12.1. The number of amides is 2. The van der Waals surface area contributed by atoms with Gasteiger partial charge in [0.2, 0.25) is 0 Å². The Bertz CT molecular complexity index is 395. The Morgan fingerprint density at radius 3 is 3.12 bits per heavy atom. The second-order valence-electron chi connectivity index (χ2n) is 3.85. The van der Waals surface area contributed by atoms with E-state index in [4.69, 9.17) is 9.84 Å². The lowest BCUT2D eigenvalue weighted by Crippen LogP contribution is -2.40. The van der Waals surface area contributed by atoms with Crippen LogP contribution in [0, 0.1) is 0 Å². The molecule has 1 aliphatic heterocycles. The summed E-state index contributed by atoms with van der Waals surface area (Å²) in [7, 11) is 0. The number of urea groups is 1. The highest BCUT2D eigenvalue weighted by Crippen LogP contribution is 2.31. The van der Waals surface area contributed by atoms with Crippen LogP contribution in [0.2, 0.25) is 0 Å². The second kappa shape index (κ2) is 5.54. The molecule has 1 atom stereocenters. The van der Waals surface area contributed by atoms with Gasteiger partial charge < -0.3 is 20.5 Å². The molecule has 0 saturated carbocycles. The Balaban J connectivity index is 2.01. The number of aliphatic hydroxyl groups excluding tert-OH is 1. The molecule has 0 radical (unpaired) electrons. The monoisotopic (exact) mass is 236 g/mol. The normalized spacial score (nSPS) is 17.8. The van der Waals surface area contributed by atoms with Crippen LogP contribution >= 0.6 is 0 Å². The van der Waals surface area contributed by atoms with E-state index >= 15 is 0 Å². The fourth-order valence-corrected chi connectivity index (χ4v) is 1.87. The van der Waals surface area contributed by atoms with Gasteiger partial charge >= 0.3 is 6.03 Å². The van der Waals surface area contributed by atoms with Gasteiger partial charge in [-0.25, -0.2) is 4.79 Å². The molecule has 0 saturated heterocycles. The topological polar surface area (TPSA) is 70.6 Å². The molecule has 2 rings (SSSR count). The summed E-state index contributed by atoms with van der Waals surface area (Å²) >= 11 is 0. The Hall–Kier alpha value is -1.75. The summed E-state index contributed by atoms with van der Waals surface area (Å²) in [5.41, 5.74) is 0.998. The van der Waals surface area contributed by atoms with Crippen molar-refractivity contribution in [2.24, 2.45) is 0 Å². The van der Waals surface area contributed by atoms with Crippen LogP contribution in [0.1, 0.15) is 18.0 Å². The maximum Gasteiger partial charge on any atom is 0.315 e. The molecule has 0 aromatic heterocycles. The van der Waals surface area contributed by atoms with Crippen molar-refractivity contribution in [3.05, 3.63) is 29.8 Å². The van der Waals surface area contributed by atoms with E-state index in [2.05, 4.69) is 10.6 Å². The minimum absolute atomic E-state index is 0.0290. The van der Waals surface area contributed by atoms with E-state index in [0.717, 1.165) is 17.7 Å². The molecular weight excluding hydrogens is 220 g/mol. The SMILES string of the molecule is O=C(NCCO)NC1CCOc2ccccc21. The van der Waals surface area contributed by atoms with Crippen LogP contribution in [0.5, 0.6) is 5.75 Å². The highest BCUT2D eigenvalue weighted by molar-refractivity contribution is 5.74. The van der Waals surface area contributed by atoms with Crippen LogP contribution < -0.4 is 15.4 Å². The number of nitrogens with one attached hydrogen (secondary N) is 2. The number of hydrogen-bond donors (Lipinski definition) is 3. The quantitative estimate of drug-likeness (QED) is 0.727. The average molecular weight is 236 g/mol. The fourth-order valence-electron chi connectivity index (χ4n) is 1.87. The molecule has 5 nitrogen and oxygen atoms in total. The summed E-state index contributed by atoms with van der Waals surface area (Å²) in [6.07, 6.45) is 0.754. The van der Waals surface area contributed by atoms with Crippen LogP contribution in [-0.2, 0) is 0 Å². The molecule has 1 aromatic carbocycles. The summed E-state index contributed by atoms with van der Waals surface area (Å²) < 4.78 is 5.50. The summed E-state index contributed by atoms with van der Waals surface area (Å²) in [6.45, 7) is 0.802. The fraction of sp³-hybridized carbons (Fsp3) is 0.417. The first-order valence-corrected chi connectivity index (χ1v) is 5.68. The van der Waals surface area contributed by atoms with E-state index in [1.165, 1.54) is 0 Å². The number of para-hydroxylation sites is 1. The summed E-state index contributed by atoms with van der Waals surface area (Å²) in [5, 5.41) is 14.1. The minimum Gasteiger partial charge on any atom is -0.493 e. The van der Waals surface area contributed by atoms with Gasteiger partial charge in [-0.15, -0.1) is 0 Å². The first kappa shape index (κ1) is 11.7. The molecule has 92 valence electrons. The van der Waals surface area contributed by atoms with Gasteiger partial charge in [-0.05, 0) is 6.07 Å². The van der Waals surface area contributed by atoms with Crippen molar-refractivity contribution in [3.8, 4) is 5.75 Å². The highest BCUT2D eigenvalue weighted by atomic mass is 16.5. The number of benzene rings is 1. The predicted molar refractivity (Wildman–Crippen MR) is 62.9 cm³/mol. The number of fused-ring (bicyclic) bond motifs is 1. The van der Waals surface area contributed by atoms with Crippen LogP contribution in [0.4, 0.5) is 4.79 Å². The molecule has 1 unspecified atom stereocenters. The van der Waals surface area contributed by atoms with Crippen LogP contribution in [0.15, 0.2) is 24.3 Å². The third-order valence-corrected chi connectivity index (χ3v) is 2.66. The van der Waals surface area contributed by atoms with E-state index in [0.29, 0.717) is 6.61 Å². The molecular formula is C12H16N2O3. The number of rotatable bonds is 3. The van der Waals surface area contributed by atoms with Crippen LogP contribution in [-0.4, -0.2) is 30.9 Å². The maximum atomic E-state index is 11.5. The first-order valence-electron chi connectivity index (χ1n) is 5.68. The maximum absolute atomic E-state index is 11.5. The van der Waals surface area contributed by atoms with Gasteiger partial charge in [0.1, 0.15) is 5.75 Å². The molecule has 0 spiro atoms. The number of ether oxygens (including phenoxy) is 1. The molecule has 0 fully saturated rings. The van der Waals surface area contributed by atoms with E-state index in [-0.39, 0.29) is 25.2 Å². The number of hydrogen-bond acceptors (Lipinski definition) is 3. The lowest BCUT2D eigenvalue weighted by atomic mass is 10.0. The van der Waals surface area contributed by atoms with E-state index in [1.807, 2.05) is 24.3 Å². The van der Waals surface area contributed by atoms with Gasteiger partial charge in [-0.3, -0.25) is 0 Å². The molecule has 17 heavy (non-hydrogen) atoms. The first-order chi connectivity index (χ1) is 8.31. The Morgan fingerprint density at radius 1 is 1.47 bits per heavy atom. The molecule has 0 bridgehead atoms. The van der Waals surface area contributed by atoms with Crippen molar-refractivity contribution in [1.82, 2.24) is 10.6 Å². The zero-order valence-electron chi connectivity index (χ0n) is 9.48. The van der Waals surface area contributed by atoms with Crippen molar-refractivity contribution in [2.75, 3.05) is 19.8 Å². The lowest BCUT2D eigenvalue weighted by Gasteiger charge is -2.26. The highest BCUT2D eigenvalue weighted by Gasteiger charge is 2.22. The van der Waals surface area contributed by atoms with Gasteiger partial charge in [0.15, 0.2) is 0 Å². The van der Waals surface area contributed by atoms with Crippen molar-refractivity contribution in [1.29, 1.82) is 0 Å². The van der Waals surface area contributed by atoms with E-state index in [1.54, 1.807) is 0 Å². The van der Waals surface area contributed by atoms with Crippen molar-refractivity contribution >= 4 is 6.03 Å². The zero-order valence-corrected chi connectivity index (χ0v) is 9.48. The molecule has 1 heterocycles. The van der Waals surface area contributed by atoms with E-state index in [9.17, 15) is 4.79 Å². The Morgan fingerprint density at radius 2 is 2.29 bits per heavy atom. The molecule has 5 heteroatoms. The molecule has 1 aliphatic rings. The Kier molecular flexibility index (Phi) is 3.82. The molecule has 1 aromatic rings. The van der Waals surface area contributed by atoms with Gasteiger partial charge in [0.25, 0.3) is 0 Å². The predicted octanol–water partition coefficient (Wildman–Crippen LogP) is 0.802. The third kappa shape index (κ3) is 2.88. The van der Waals surface area contributed by atoms with Crippen LogP contribution in [0.25, 0.3) is 0 Å². The molecule has 3 N–H and O–H groups in total. The van der Waals surface area contributed by atoms with E-state index < -0.39 is 0 Å². The van der Waals surface area contributed by atoms with Crippen LogP contribution in [0.3, 0.4) is 0 Å². The van der Waals surface area contributed by atoms with Gasteiger partial charge in [0, 0.05) is 18.5 Å². The average Bonchev–Trinajstić information content (AvgIpc) is 2.37. The third-order valence-electron chi connectivity index (χ3n) is 2.66. The molecule has 0 aliphatic carbocycles. The Labute approximate surface area is 99.8 Å². The van der Waals surface area contributed by atoms with Gasteiger partial charge in [-0.1, -0.05) is 18.2 Å². The van der Waals surface area contributed by atoms with Gasteiger partial charge in [-0.2, -0.15) is 0 Å². The number of carbonyl (C=O) groups excluding carboxylic acids is 1. The second-order valence-corrected chi connectivity index (χ2v) is 3.85. The summed E-state index contributed by atoms with van der Waals surface area (Å²) in [5.74, 6) is 0.825. The molecule has 2 amide bonds. The lowest BCUT2D eigenvalue weighted by molar-refractivity contribution is 0.219. The summed E-state index contributed by atoms with van der Waals surface area (Å²) in [6, 6.07) is 7.39. The number of aliphatic hydroxyl groups is 1. The largest absolute Gasteiger partial charge is 0.493 e. The van der Waals surface area contributed by atoms with Crippen molar-refractivity contribution in [3.63, 3.8) is 0 Å². The smallest absolute Gasteiger partial charge is 0.315 e. The number of carbonyl (C=O) groups is 1. The van der Waals surface area contributed by atoms with Crippen molar-refractivity contribution in [2.45, 2.75) is 12.5 Å². The summed E-state index contributed by atoms with van der Waals surface area (Å²) in [4.78, 5) is 11.5. The standard InChI is InChI=1S/C12H16N2O3/c15-7-6-13-12(16)14-10-5-8-17-11-4-2-1-3-9(10)11/h1-4,10,15H,5-8H2,(H2,13,14,16). The minimum atomic E-state index is -0.263.